The Morgan fingerprint density at radius 3 is 2.20 bits per heavy atom. The molecule has 0 fully saturated rings. The van der Waals surface area contributed by atoms with E-state index in [2.05, 4.69) is 25.2 Å². The molecule has 0 spiro atoms. The highest BCUT2D eigenvalue weighted by molar-refractivity contribution is 8.21. The van der Waals surface area contributed by atoms with Gasteiger partial charge >= 0.3 is 0 Å². The van der Waals surface area contributed by atoms with Crippen molar-refractivity contribution in [2.75, 3.05) is 12.5 Å². The minimum Gasteiger partial charge on any atom is -0.123 e. The van der Waals surface area contributed by atoms with Gasteiger partial charge in [-0.2, -0.15) is 0 Å². The van der Waals surface area contributed by atoms with Gasteiger partial charge in [0.05, 0.1) is 0 Å². The molecule has 1 aromatic rings. The molecule has 0 nitrogen and oxygen atoms in total. The molecule has 0 heterocycles. The van der Waals surface area contributed by atoms with E-state index < -0.39 is 0 Å². The molecule has 0 bridgehead atoms. The minimum atomic E-state index is 0.755. The molecule has 0 unspecified atom stereocenters. The Hall–Kier alpha value is -0.310. The summed E-state index contributed by atoms with van der Waals surface area (Å²) in [5.41, 5.74) is 2.13. The molecule has 80 valence electrons. The highest BCUT2D eigenvalue weighted by Gasteiger charge is 1.98. The number of benzene rings is 1. The molecular weight excluding hydrogens is 244 g/mol. The number of rotatable bonds is 4. The average molecular weight is 257 g/mol. The molecule has 0 aliphatic heterocycles. The highest BCUT2D eigenvalue weighted by atomic mass is 35.5. The fourth-order valence-electron chi connectivity index (χ4n) is 1.09. The summed E-state index contributed by atoms with van der Waals surface area (Å²) in [6.45, 7) is 4.04. The predicted molar refractivity (Wildman–Crippen MR) is 75.6 cm³/mol. The van der Waals surface area contributed by atoms with Crippen LogP contribution in [0, 0.1) is 0 Å². The van der Waals surface area contributed by atoms with Crippen LogP contribution < -0.4 is 0 Å². The van der Waals surface area contributed by atoms with Crippen molar-refractivity contribution in [2.45, 2.75) is 0 Å². The van der Waals surface area contributed by atoms with E-state index in [1.807, 2.05) is 24.3 Å². The van der Waals surface area contributed by atoms with Crippen LogP contribution in [0.1, 0.15) is 5.56 Å². The van der Waals surface area contributed by atoms with Gasteiger partial charge in [0.2, 0.25) is 0 Å². The van der Waals surface area contributed by atoms with Crippen LogP contribution in [0.25, 0.3) is 5.57 Å². The zero-order chi connectivity index (χ0) is 11.3. The van der Waals surface area contributed by atoms with Gasteiger partial charge in [0, 0.05) is 9.26 Å². The van der Waals surface area contributed by atoms with Gasteiger partial charge in [0.15, 0.2) is 0 Å². The van der Waals surface area contributed by atoms with E-state index in [1.54, 1.807) is 23.5 Å². The van der Waals surface area contributed by atoms with Crippen LogP contribution in [0.15, 0.2) is 41.2 Å². The molecular formula is C12H13ClS2. The molecule has 15 heavy (non-hydrogen) atoms. The normalized spacial score (nSPS) is 9.80. The van der Waals surface area contributed by atoms with Gasteiger partial charge in [-0.15, -0.1) is 23.5 Å². The quantitative estimate of drug-likeness (QED) is 0.702. The van der Waals surface area contributed by atoms with Crippen molar-refractivity contribution in [1.82, 2.24) is 0 Å². The number of hydrogen-bond donors (Lipinski definition) is 0. The molecule has 3 heteroatoms. The van der Waals surface area contributed by atoms with Crippen LogP contribution in [0.4, 0.5) is 0 Å². The van der Waals surface area contributed by atoms with Crippen molar-refractivity contribution < 1.29 is 0 Å². The predicted octanol–water partition coefficient (Wildman–Crippen LogP) is 4.92. The van der Waals surface area contributed by atoms with Crippen LogP contribution in [-0.2, 0) is 0 Å². The third kappa shape index (κ3) is 3.98. The Morgan fingerprint density at radius 1 is 1.20 bits per heavy atom. The molecule has 1 rings (SSSR count). The van der Waals surface area contributed by atoms with Crippen molar-refractivity contribution >= 4 is 40.7 Å². The lowest BCUT2D eigenvalue weighted by molar-refractivity contribution is 1.63. The van der Waals surface area contributed by atoms with Crippen LogP contribution >= 0.6 is 35.1 Å². The van der Waals surface area contributed by atoms with E-state index in [1.165, 1.54) is 4.24 Å². The third-order valence-electron chi connectivity index (χ3n) is 1.91. The van der Waals surface area contributed by atoms with Crippen LogP contribution in [-0.4, -0.2) is 12.5 Å². The summed E-state index contributed by atoms with van der Waals surface area (Å²) < 4.78 is 1.26. The second-order valence-electron chi connectivity index (χ2n) is 2.90. The van der Waals surface area contributed by atoms with Crippen molar-refractivity contribution in [3.63, 3.8) is 0 Å². The fourth-order valence-corrected chi connectivity index (χ4v) is 2.40. The molecule has 0 saturated carbocycles. The average Bonchev–Trinajstić information content (AvgIpc) is 2.26. The fraction of sp³-hybridized carbons (Fsp3) is 0.167. The lowest BCUT2D eigenvalue weighted by Gasteiger charge is -2.03. The van der Waals surface area contributed by atoms with E-state index in [4.69, 9.17) is 11.6 Å². The van der Waals surface area contributed by atoms with E-state index in [0.29, 0.717) is 0 Å². The molecule has 0 amide bonds. The summed E-state index contributed by atoms with van der Waals surface area (Å²) in [5.74, 6) is 0. The van der Waals surface area contributed by atoms with Crippen molar-refractivity contribution in [2.24, 2.45) is 0 Å². The topological polar surface area (TPSA) is 0 Å². The molecule has 0 radical (unpaired) electrons. The van der Waals surface area contributed by atoms with Gasteiger partial charge in [-0.05, 0) is 41.9 Å². The molecule has 0 N–H and O–H groups in total. The Balaban J connectivity index is 2.85. The maximum Gasteiger partial charge on any atom is 0.0406 e. The number of allylic oxidation sites excluding steroid dienone is 2. The molecule has 0 aromatic heterocycles. The minimum absolute atomic E-state index is 0.755. The van der Waals surface area contributed by atoms with Crippen LogP contribution in [0.2, 0.25) is 5.02 Å². The molecule has 0 aliphatic rings. The SMILES string of the molecule is C=C(C=C(SC)SC)c1ccc(Cl)cc1. The highest BCUT2D eigenvalue weighted by Crippen LogP contribution is 2.27. The summed E-state index contributed by atoms with van der Waals surface area (Å²) in [6.07, 6.45) is 6.23. The first-order valence-corrected chi connectivity index (χ1v) is 7.24. The van der Waals surface area contributed by atoms with Gasteiger partial charge < -0.3 is 0 Å². The van der Waals surface area contributed by atoms with E-state index in [-0.39, 0.29) is 0 Å². The Labute approximate surface area is 105 Å². The van der Waals surface area contributed by atoms with Gasteiger partial charge in [0.1, 0.15) is 0 Å². The van der Waals surface area contributed by atoms with Gasteiger partial charge in [-0.3, -0.25) is 0 Å². The number of halogens is 1. The van der Waals surface area contributed by atoms with Crippen LogP contribution in [0.5, 0.6) is 0 Å². The lowest BCUT2D eigenvalue weighted by atomic mass is 10.1. The van der Waals surface area contributed by atoms with Gasteiger partial charge in [-0.1, -0.05) is 30.3 Å². The summed E-state index contributed by atoms with van der Waals surface area (Å²) in [4.78, 5) is 0. The zero-order valence-electron chi connectivity index (χ0n) is 8.79. The second kappa shape index (κ2) is 6.31. The van der Waals surface area contributed by atoms with E-state index >= 15 is 0 Å². The largest absolute Gasteiger partial charge is 0.123 e. The first-order valence-electron chi connectivity index (χ1n) is 4.42. The van der Waals surface area contributed by atoms with E-state index in [9.17, 15) is 0 Å². The summed E-state index contributed by atoms with van der Waals surface area (Å²) in [6, 6.07) is 7.74. The summed E-state index contributed by atoms with van der Waals surface area (Å²) in [5, 5.41) is 0.755. The molecule has 0 atom stereocenters. The zero-order valence-corrected chi connectivity index (χ0v) is 11.2. The van der Waals surface area contributed by atoms with Crippen molar-refractivity contribution in [3.8, 4) is 0 Å². The second-order valence-corrected chi connectivity index (χ2v) is 5.29. The van der Waals surface area contributed by atoms with E-state index in [0.717, 1.165) is 16.2 Å². The maximum atomic E-state index is 5.82. The summed E-state index contributed by atoms with van der Waals surface area (Å²) >= 11 is 9.29. The van der Waals surface area contributed by atoms with Gasteiger partial charge in [-0.25, -0.2) is 0 Å². The Kier molecular flexibility index (Phi) is 5.37. The Bertz CT molecular complexity index is 360. The lowest BCUT2D eigenvalue weighted by Crippen LogP contribution is -1.79. The monoisotopic (exact) mass is 256 g/mol. The molecule has 1 aromatic carbocycles. The van der Waals surface area contributed by atoms with Crippen LogP contribution in [0.3, 0.4) is 0 Å². The molecule has 0 saturated heterocycles. The standard InChI is InChI=1S/C12H13ClS2/c1-9(8-12(14-2)15-3)10-4-6-11(13)7-5-10/h4-8H,1H2,2-3H3. The summed E-state index contributed by atoms with van der Waals surface area (Å²) in [7, 11) is 0. The van der Waals surface area contributed by atoms with Gasteiger partial charge in [0.25, 0.3) is 0 Å². The van der Waals surface area contributed by atoms with Crippen molar-refractivity contribution in [1.29, 1.82) is 0 Å². The first-order chi connectivity index (χ1) is 7.17. The number of thioether (sulfide) groups is 2. The maximum absolute atomic E-state index is 5.82. The van der Waals surface area contributed by atoms with Crippen molar-refractivity contribution in [3.05, 3.63) is 51.7 Å². The first kappa shape index (κ1) is 12.8. The molecule has 0 aliphatic carbocycles. The third-order valence-corrected chi connectivity index (χ3v) is 4.20. The Morgan fingerprint density at radius 2 is 1.73 bits per heavy atom. The number of hydrogen-bond acceptors (Lipinski definition) is 2. The smallest absolute Gasteiger partial charge is 0.0406 e.